The Morgan fingerprint density at radius 1 is 1.33 bits per heavy atom. The summed E-state index contributed by atoms with van der Waals surface area (Å²) < 4.78 is 4.39. The maximum absolute atomic E-state index is 10.6. The summed E-state index contributed by atoms with van der Waals surface area (Å²) in [6.07, 6.45) is 0.542. The minimum atomic E-state index is -0.552. The van der Waals surface area contributed by atoms with Crippen molar-refractivity contribution >= 4 is 18.0 Å². The van der Waals surface area contributed by atoms with Gasteiger partial charge < -0.3 is 10.5 Å². The number of esters is 1. The van der Waals surface area contributed by atoms with Crippen LogP contribution in [0.3, 0.4) is 0 Å². The Bertz CT molecular complexity index is 178. The average molecular weight is 173 g/mol. The van der Waals surface area contributed by atoms with E-state index in [1.165, 1.54) is 0 Å². The van der Waals surface area contributed by atoms with Crippen LogP contribution in [0.25, 0.3) is 0 Å². The molecule has 0 rings (SSSR count). The van der Waals surface area contributed by atoms with Gasteiger partial charge in [-0.3, -0.25) is 14.4 Å². The van der Waals surface area contributed by atoms with E-state index in [9.17, 15) is 14.4 Å². The summed E-state index contributed by atoms with van der Waals surface area (Å²) in [6, 6.07) is 0. The molecule has 0 amide bonds. The molecule has 0 aromatic carbocycles. The fourth-order valence-corrected chi connectivity index (χ4v) is 0.543. The highest BCUT2D eigenvalue weighted by Gasteiger charge is 2.05. The molecular weight excluding hydrogens is 162 g/mol. The van der Waals surface area contributed by atoms with Crippen molar-refractivity contribution in [1.29, 1.82) is 0 Å². The first kappa shape index (κ1) is 10.8. The number of hydrogen-bond acceptors (Lipinski definition) is 5. The Kier molecular flexibility index (Phi) is 5.81. The number of ketones is 1. The lowest BCUT2D eigenvalue weighted by molar-refractivity contribution is -0.146. The molecule has 0 unspecified atom stereocenters. The van der Waals surface area contributed by atoms with Crippen molar-refractivity contribution in [2.45, 2.75) is 12.8 Å². The average Bonchev–Trinajstić information content (AvgIpc) is 2.10. The number of nitrogens with two attached hydrogens (primary N) is 1. The molecule has 0 heterocycles. The van der Waals surface area contributed by atoms with Gasteiger partial charge in [-0.15, -0.1) is 0 Å². The molecule has 68 valence electrons. The van der Waals surface area contributed by atoms with E-state index in [1.54, 1.807) is 0 Å². The van der Waals surface area contributed by atoms with Crippen molar-refractivity contribution in [1.82, 2.24) is 0 Å². The molecule has 0 saturated heterocycles. The van der Waals surface area contributed by atoms with Crippen LogP contribution >= 0.6 is 0 Å². The fourth-order valence-electron chi connectivity index (χ4n) is 0.543. The van der Waals surface area contributed by atoms with Gasteiger partial charge in [-0.25, -0.2) is 0 Å². The summed E-state index contributed by atoms with van der Waals surface area (Å²) in [5.74, 6) is -0.748. The lowest BCUT2D eigenvalue weighted by Gasteiger charge is -1.98. The molecule has 2 N–H and O–H groups in total. The van der Waals surface area contributed by atoms with Crippen molar-refractivity contribution in [3.8, 4) is 0 Å². The van der Waals surface area contributed by atoms with Crippen molar-refractivity contribution < 1.29 is 19.1 Å². The first-order valence-electron chi connectivity index (χ1n) is 3.51. The maximum atomic E-state index is 10.6. The van der Waals surface area contributed by atoms with E-state index in [0.29, 0.717) is 6.29 Å². The van der Waals surface area contributed by atoms with Crippen LogP contribution in [0, 0.1) is 0 Å². The smallest absolute Gasteiger partial charge is 0.306 e. The molecule has 0 bridgehead atoms. The number of hydrogen-bond donors (Lipinski definition) is 1. The van der Waals surface area contributed by atoms with Gasteiger partial charge in [-0.2, -0.15) is 0 Å². The normalized spacial score (nSPS) is 9.08. The van der Waals surface area contributed by atoms with E-state index in [2.05, 4.69) is 4.74 Å². The monoisotopic (exact) mass is 173 g/mol. The van der Waals surface area contributed by atoms with Gasteiger partial charge in [0, 0.05) is 6.42 Å². The molecule has 0 atom stereocenters. The Morgan fingerprint density at radius 3 is 2.50 bits per heavy atom. The van der Waals surface area contributed by atoms with Gasteiger partial charge in [0.05, 0.1) is 13.0 Å². The summed E-state index contributed by atoms with van der Waals surface area (Å²) in [7, 11) is 0. The van der Waals surface area contributed by atoms with Crippen LogP contribution in [0.5, 0.6) is 0 Å². The zero-order chi connectivity index (χ0) is 9.40. The topological polar surface area (TPSA) is 86.5 Å². The zero-order valence-corrected chi connectivity index (χ0v) is 6.62. The van der Waals surface area contributed by atoms with Crippen LogP contribution in [0.1, 0.15) is 12.8 Å². The van der Waals surface area contributed by atoms with Crippen LogP contribution in [0.4, 0.5) is 0 Å². The molecule has 0 radical (unpaired) electrons. The number of rotatable bonds is 6. The van der Waals surface area contributed by atoms with Crippen molar-refractivity contribution in [2.75, 3.05) is 13.2 Å². The van der Waals surface area contributed by atoms with Gasteiger partial charge in [0.2, 0.25) is 0 Å². The zero-order valence-electron chi connectivity index (χ0n) is 6.62. The summed E-state index contributed by atoms with van der Waals surface area (Å²) in [5.41, 5.74) is 5.00. The third-order valence-electron chi connectivity index (χ3n) is 1.15. The van der Waals surface area contributed by atoms with Crippen molar-refractivity contribution in [2.24, 2.45) is 5.73 Å². The summed E-state index contributed by atoms with van der Waals surface area (Å²) in [5, 5.41) is 0. The van der Waals surface area contributed by atoms with Crippen LogP contribution in [0.2, 0.25) is 0 Å². The van der Waals surface area contributed by atoms with Gasteiger partial charge in [0.25, 0.3) is 0 Å². The van der Waals surface area contributed by atoms with Gasteiger partial charge >= 0.3 is 5.97 Å². The number of carbonyl (C=O) groups excluding carboxylic acids is 3. The molecule has 0 aliphatic heterocycles. The fraction of sp³-hybridized carbons (Fsp3) is 0.571. The number of aldehydes is 1. The molecule has 5 nitrogen and oxygen atoms in total. The minimum absolute atomic E-state index is 0.0100. The predicted molar refractivity (Wildman–Crippen MR) is 40.3 cm³/mol. The van der Waals surface area contributed by atoms with Crippen molar-refractivity contribution in [3.63, 3.8) is 0 Å². The summed E-state index contributed by atoms with van der Waals surface area (Å²) in [4.78, 5) is 31.0. The van der Waals surface area contributed by atoms with Gasteiger partial charge in [-0.1, -0.05) is 0 Å². The van der Waals surface area contributed by atoms with E-state index in [1.807, 2.05) is 0 Å². The van der Waals surface area contributed by atoms with Crippen molar-refractivity contribution in [3.05, 3.63) is 0 Å². The highest BCUT2D eigenvalue weighted by Crippen LogP contribution is 1.92. The molecule has 0 fully saturated rings. The van der Waals surface area contributed by atoms with E-state index in [4.69, 9.17) is 5.73 Å². The molecule has 0 aliphatic carbocycles. The second kappa shape index (κ2) is 6.48. The Hall–Kier alpha value is -1.23. The number of carbonyl (C=O) groups is 3. The Labute approximate surface area is 69.9 Å². The van der Waals surface area contributed by atoms with E-state index in [0.717, 1.165) is 0 Å². The lowest BCUT2D eigenvalue weighted by Crippen LogP contribution is -2.15. The second-order valence-corrected chi connectivity index (χ2v) is 2.09. The SMILES string of the molecule is NCC(=O)CCC(=O)OCC=O. The maximum Gasteiger partial charge on any atom is 0.306 e. The number of ether oxygens (including phenoxy) is 1. The Balaban J connectivity index is 3.43. The van der Waals surface area contributed by atoms with Crippen LogP contribution in [0.15, 0.2) is 0 Å². The number of Topliss-reactive ketones (excluding diaryl/α,β-unsaturated/α-hetero) is 1. The predicted octanol–water partition coefficient (Wildman–Crippen LogP) is -0.964. The lowest BCUT2D eigenvalue weighted by atomic mass is 10.2. The highest BCUT2D eigenvalue weighted by molar-refractivity contribution is 5.84. The van der Waals surface area contributed by atoms with E-state index < -0.39 is 5.97 Å². The molecule has 0 aromatic heterocycles. The van der Waals surface area contributed by atoms with Gasteiger partial charge in [0.15, 0.2) is 6.29 Å². The largest absolute Gasteiger partial charge is 0.458 e. The summed E-state index contributed by atoms with van der Waals surface area (Å²) in [6.45, 7) is -0.323. The minimum Gasteiger partial charge on any atom is -0.458 e. The van der Waals surface area contributed by atoms with Gasteiger partial charge in [-0.05, 0) is 0 Å². The standard InChI is InChI=1S/C7H11NO4/c8-5-6(10)1-2-7(11)12-4-3-9/h3H,1-2,4-5,8H2. The van der Waals surface area contributed by atoms with Crippen LogP contribution < -0.4 is 5.73 Å². The molecule has 0 aromatic rings. The molecule has 12 heavy (non-hydrogen) atoms. The Morgan fingerprint density at radius 2 is 2.00 bits per heavy atom. The molecule has 0 spiro atoms. The van der Waals surface area contributed by atoms with E-state index in [-0.39, 0.29) is 31.8 Å². The molecule has 5 heteroatoms. The second-order valence-electron chi connectivity index (χ2n) is 2.09. The molecule has 0 aliphatic rings. The van der Waals surface area contributed by atoms with Crippen LogP contribution in [-0.4, -0.2) is 31.2 Å². The molecular formula is C7H11NO4. The summed E-state index contributed by atoms with van der Waals surface area (Å²) >= 11 is 0. The first-order valence-corrected chi connectivity index (χ1v) is 3.51. The quantitative estimate of drug-likeness (QED) is 0.412. The molecule has 0 saturated carbocycles. The third-order valence-corrected chi connectivity index (χ3v) is 1.15. The van der Waals surface area contributed by atoms with E-state index >= 15 is 0 Å². The third kappa shape index (κ3) is 5.55. The van der Waals surface area contributed by atoms with Crippen LogP contribution in [-0.2, 0) is 19.1 Å². The highest BCUT2D eigenvalue weighted by atomic mass is 16.5. The van der Waals surface area contributed by atoms with Gasteiger partial charge in [0.1, 0.15) is 12.4 Å². The first-order chi connectivity index (χ1) is 5.70.